The Bertz CT molecular complexity index is 1170. The van der Waals surface area contributed by atoms with Crippen molar-refractivity contribution in [1.82, 2.24) is 0 Å². The summed E-state index contributed by atoms with van der Waals surface area (Å²) < 4.78 is 12.0. The third-order valence-electron chi connectivity index (χ3n) is 10.2. The molecule has 4 unspecified atom stereocenters. The second kappa shape index (κ2) is 7.24. The predicted octanol–water partition coefficient (Wildman–Crippen LogP) is 4.42. The number of cyclic esters (lactones) is 1. The van der Waals surface area contributed by atoms with Crippen molar-refractivity contribution in [3.8, 4) is 0 Å². The van der Waals surface area contributed by atoms with Gasteiger partial charge in [0, 0.05) is 17.5 Å². The molecule has 8 nitrogen and oxygen atoms in total. The van der Waals surface area contributed by atoms with Crippen LogP contribution >= 0.6 is 0 Å². The lowest BCUT2D eigenvalue weighted by Crippen LogP contribution is -2.73. The molecule has 0 radical (unpaired) electrons. The second-order valence-electron chi connectivity index (χ2n) is 11.5. The van der Waals surface area contributed by atoms with Gasteiger partial charge in [0.25, 0.3) is 5.69 Å². The van der Waals surface area contributed by atoms with Gasteiger partial charge in [-0.3, -0.25) is 19.7 Å². The van der Waals surface area contributed by atoms with Crippen molar-refractivity contribution in [3.05, 3.63) is 52.1 Å². The van der Waals surface area contributed by atoms with Crippen LogP contribution in [0.15, 0.2) is 36.4 Å². The quantitative estimate of drug-likeness (QED) is 0.273. The molecule has 6 aliphatic rings. The fourth-order valence-electron chi connectivity index (χ4n) is 8.56. The summed E-state index contributed by atoms with van der Waals surface area (Å²) in [7, 11) is 0. The predicted molar refractivity (Wildman–Crippen MR) is 123 cm³/mol. The number of esters is 2. The average molecular weight is 480 g/mol. The molecule has 1 aromatic carbocycles. The zero-order valence-corrected chi connectivity index (χ0v) is 19.8. The summed E-state index contributed by atoms with van der Waals surface area (Å²) in [6.07, 6.45) is 4.36. The van der Waals surface area contributed by atoms with Crippen molar-refractivity contribution in [2.45, 2.75) is 58.0 Å². The minimum absolute atomic E-state index is 0.0318. The number of Topliss-reactive ketones (excluding diaryl/α,β-unsaturated/α-hetero) is 1. The fraction of sp³-hybridized carbons (Fsp3) is 0.593. The van der Waals surface area contributed by atoms with Crippen LogP contribution in [0.1, 0.15) is 62.2 Å². The van der Waals surface area contributed by atoms with Gasteiger partial charge in [0.1, 0.15) is 6.10 Å². The number of nitro benzene ring substituents is 1. The molecule has 7 atom stereocenters. The summed E-state index contributed by atoms with van der Waals surface area (Å²) in [4.78, 5) is 51.2. The number of ether oxygens (including phenoxy) is 2. The van der Waals surface area contributed by atoms with Crippen LogP contribution in [0.5, 0.6) is 0 Å². The van der Waals surface area contributed by atoms with Gasteiger partial charge in [-0.1, -0.05) is 19.9 Å². The number of carbonyl (C=O) groups excluding carboxylic acids is 3. The molecule has 4 bridgehead atoms. The Hall–Kier alpha value is -3.03. The summed E-state index contributed by atoms with van der Waals surface area (Å²) in [6.45, 7) is 6.62. The molecule has 8 heteroatoms. The van der Waals surface area contributed by atoms with Crippen LogP contribution in [0.3, 0.4) is 0 Å². The van der Waals surface area contributed by atoms with Gasteiger partial charge in [-0.25, -0.2) is 4.79 Å². The highest BCUT2D eigenvalue weighted by Gasteiger charge is 2.76. The van der Waals surface area contributed by atoms with E-state index in [4.69, 9.17) is 9.47 Å². The summed E-state index contributed by atoms with van der Waals surface area (Å²) in [6, 6.07) is 5.31. The Balaban J connectivity index is 1.43. The van der Waals surface area contributed by atoms with E-state index in [2.05, 4.69) is 13.5 Å². The molecule has 1 saturated heterocycles. The maximum atomic E-state index is 13.9. The van der Waals surface area contributed by atoms with Gasteiger partial charge >= 0.3 is 11.9 Å². The molecule has 7 rings (SSSR count). The lowest BCUT2D eigenvalue weighted by atomic mass is 9.35. The Kier molecular flexibility index (Phi) is 4.64. The first kappa shape index (κ1) is 22.4. The number of allylic oxidation sites excluding steroid dienone is 1. The van der Waals surface area contributed by atoms with Crippen molar-refractivity contribution in [2.24, 2.45) is 34.0 Å². The number of rotatable bonds is 3. The smallest absolute Gasteiger partial charge is 0.338 e. The largest absolute Gasteiger partial charge is 0.465 e. The van der Waals surface area contributed by atoms with Crippen LogP contribution < -0.4 is 0 Å². The van der Waals surface area contributed by atoms with Crippen molar-refractivity contribution < 1.29 is 28.8 Å². The molecule has 1 spiro atoms. The van der Waals surface area contributed by atoms with Crippen molar-refractivity contribution in [2.75, 3.05) is 6.61 Å². The van der Waals surface area contributed by atoms with E-state index in [0.29, 0.717) is 37.9 Å². The SMILES string of the molecule is C=C1C(=O)C23CC[C@H]1CC2C12CCC[C@@](C)(COC1=O)C2C[C@H]3OC(=O)c1ccc([N+](=O)[O-])cc1. The van der Waals surface area contributed by atoms with E-state index in [1.807, 2.05) is 0 Å². The number of fused-ring (bicyclic) bond motifs is 2. The van der Waals surface area contributed by atoms with Gasteiger partial charge < -0.3 is 9.47 Å². The zero-order chi connectivity index (χ0) is 24.8. The molecule has 0 aromatic heterocycles. The Morgan fingerprint density at radius 1 is 1.11 bits per heavy atom. The van der Waals surface area contributed by atoms with Gasteiger partial charge in [0.2, 0.25) is 0 Å². The number of hydrogen-bond acceptors (Lipinski definition) is 7. The topological polar surface area (TPSA) is 113 Å². The third-order valence-corrected chi connectivity index (χ3v) is 10.2. The molecule has 1 heterocycles. The number of nitro groups is 1. The average Bonchev–Trinajstić information content (AvgIpc) is 2.85. The lowest BCUT2D eigenvalue weighted by molar-refractivity contribution is -0.384. The molecular formula is C27H29NO7. The van der Waals surface area contributed by atoms with E-state index in [9.17, 15) is 24.5 Å². The van der Waals surface area contributed by atoms with Crippen LogP contribution in [-0.2, 0) is 19.1 Å². The van der Waals surface area contributed by atoms with Gasteiger partial charge in [0.15, 0.2) is 5.78 Å². The van der Waals surface area contributed by atoms with E-state index < -0.39 is 27.8 Å². The third kappa shape index (κ3) is 2.76. The molecular weight excluding hydrogens is 450 g/mol. The molecule has 5 aliphatic carbocycles. The van der Waals surface area contributed by atoms with Gasteiger partial charge in [0.05, 0.1) is 27.9 Å². The number of nitrogens with zero attached hydrogens (tertiary/aromatic N) is 1. The summed E-state index contributed by atoms with van der Waals surface area (Å²) in [5.74, 6) is -1.08. The Morgan fingerprint density at radius 2 is 1.86 bits per heavy atom. The summed E-state index contributed by atoms with van der Waals surface area (Å²) >= 11 is 0. The number of benzene rings is 1. The molecule has 6 fully saturated rings. The zero-order valence-electron chi connectivity index (χ0n) is 19.8. The van der Waals surface area contributed by atoms with Crippen molar-refractivity contribution in [3.63, 3.8) is 0 Å². The summed E-state index contributed by atoms with van der Waals surface area (Å²) in [5.41, 5.74) is -1.25. The molecule has 184 valence electrons. The first-order valence-electron chi connectivity index (χ1n) is 12.5. The molecule has 1 aliphatic heterocycles. The van der Waals surface area contributed by atoms with E-state index in [0.717, 1.165) is 19.3 Å². The number of ketones is 1. The van der Waals surface area contributed by atoms with E-state index in [-0.39, 0.29) is 46.2 Å². The molecule has 0 N–H and O–H groups in total. The van der Waals surface area contributed by atoms with Crippen molar-refractivity contribution >= 4 is 23.4 Å². The highest BCUT2D eigenvalue weighted by atomic mass is 16.6. The van der Waals surface area contributed by atoms with Crippen LogP contribution in [0.4, 0.5) is 5.69 Å². The minimum atomic E-state index is -0.979. The van der Waals surface area contributed by atoms with Gasteiger partial charge in [-0.2, -0.15) is 0 Å². The highest BCUT2D eigenvalue weighted by Crippen LogP contribution is 2.73. The van der Waals surface area contributed by atoms with Gasteiger partial charge in [-0.05, 0) is 74.0 Å². The molecule has 1 aromatic rings. The number of non-ortho nitro benzene ring substituents is 1. The van der Waals surface area contributed by atoms with E-state index >= 15 is 0 Å². The first-order valence-corrected chi connectivity index (χ1v) is 12.5. The molecule has 35 heavy (non-hydrogen) atoms. The van der Waals surface area contributed by atoms with Crippen LogP contribution in [0, 0.1) is 44.1 Å². The Morgan fingerprint density at radius 3 is 2.57 bits per heavy atom. The maximum Gasteiger partial charge on any atom is 0.338 e. The maximum absolute atomic E-state index is 13.9. The van der Waals surface area contributed by atoms with E-state index in [1.165, 1.54) is 24.3 Å². The number of carbonyl (C=O) groups is 3. The van der Waals surface area contributed by atoms with Crippen molar-refractivity contribution in [1.29, 1.82) is 0 Å². The first-order chi connectivity index (χ1) is 16.6. The normalized spacial score (nSPS) is 41.5. The fourth-order valence-corrected chi connectivity index (χ4v) is 8.56. The van der Waals surface area contributed by atoms with Crippen LogP contribution in [0.25, 0.3) is 0 Å². The van der Waals surface area contributed by atoms with Crippen LogP contribution in [-0.4, -0.2) is 35.4 Å². The van der Waals surface area contributed by atoms with Crippen LogP contribution in [0.2, 0.25) is 0 Å². The lowest BCUT2D eigenvalue weighted by Gasteiger charge is -2.69. The molecule has 0 amide bonds. The second-order valence-corrected chi connectivity index (χ2v) is 11.5. The summed E-state index contributed by atoms with van der Waals surface area (Å²) in [5, 5.41) is 11.0. The number of hydrogen-bond donors (Lipinski definition) is 0. The monoisotopic (exact) mass is 479 g/mol. The Labute approximate surface area is 203 Å². The standard InChI is InChI=1S/C27H29NO7/c1-15-17-8-11-27(22(15)29)20(12-17)26-10-3-9-25(2,14-34-24(26)31)19(26)13-21(27)35-23(30)16-4-6-18(7-5-16)28(32)33/h4-7,17,19-21H,1,3,8-14H2,2H3/t17-,19?,20?,21+,25-,26?,27?/m0/s1. The highest BCUT2D eigenvalue weighted by molar-refractivity contribution is 6.03. The van der Waals surface area contributed by atoms with Gasteiger partial charge in [-0.15, -0.1) is 0 Å². The minimum Gasteiger partial charge on any atom is -0.465 e. The van der Waals surface area contributed by atoms with E-state index in [1.54, 1.807) is 0 Å². The molecule has 5 saturated carbocycles.